The van der Waals surface area contributed by atoms with Crippen LogP contribution < -0.4 is 10.3 Å². The number of fused-ring (bicyclic) bond motifs is 2. The highest BCUT2D eigenvalue weighted by molar-refractivity contribution is 8.16. The summed E-state index contributed by atoms with van der Waals surface area (Å²) in [6, 6.07) is 15.4. The van der Waals surface area contributed by atoms with Gasteiger partial charge in [-0.3, -0.25) is 10.2 Å². The summed E-state index contributed by atoms with van der Waals surface area (Å²) in [7, 11) is 0. The highest BCUT2D eigenvalue weighted by atomic mass is 35.5. The first-order valence-corrected chi connectivity index (χ1v) is 10.4. The molecule has 0 radical (unpaired) electrons. The highest BCUT2D eigenvalue weighted by Gasteiger charge is 2.55. The van der Waals surface area contributed by atoms with Crippen LogP contribution in [0.5, 0.6) is 0 Å². The summed E-state index contributed by atoms with van der Waals surface area (Å²) < 4.78 is 0. The molecule has 1 atom stereocenters. The fourth-order valence-electron chi connectivity index (χ4n) is 3.55. The third kappa shape index (κ3) is 3.41. The maximum atomic E-state index is 13.6. The Hall–Kier alpha value is -2.76. The molecule has 4 rings (SSSR count). The summed E-state index contributed by atoms with van der Waals surface area (Å²) >= 11 is 7.57. The molecule has 2 heterocycles. The monoisotopic (exact) mass is 421 g/mol. The summed E-state index contributed by atoms with van der Waals surface area (Å²) in [5.74, 6) is -0.0409. The molecule has 146 valence electrons. The van der Waals surface area contributed by atoms with Crippen molar-refractivity contribution in [1.29, 1.82) is 0 Å². The molecular formula is C23H20ClN3OS. The van der Waals surface area contributed by atoms with E-state index in [1.807, 2.05) is 73.7 Å². The Morgan fingerprint density at radius 2 is 2.14 bits per heavy atom. The number of hydrogen-bond acceptors (Lipinski definition) is 4. The predicted octanol–water partition coefficient (Wildman–Crippen LogP) is 5.38. The number of hydrogen-bond donors (Lipinski definition) is 1. The Morgan fingerprint density at radius 3 is 2.90 bits per heavy atom. The molecule has 0 bridgehead atoms. The third-order valence-corrected chi connectivity index (χ3v) is 6.35. The van der Waals surface area contributed by atoms with E-state index in [0.717, 1.165) is 27.4 Å². The molecule has 1 unspecified atom stereocenters. The third-order valence-electron chi connectivity index (χ3n) is 4.81. The first-order chi connectivity index (χ1) is 14.1. The number of carbonyl (C=O) groups excluding carboxylic acids is 1. The zero-order valence-electron chi connectivity index (χ0n) is 15.9. The van der Waals surface area contributed by atoms with Gasteiger partial charge in [-0.15, -0.1) is 0 Å². The standard InChI is InChI=1S/C23H20ClN3OS/c1-3-8-17(9-4-2)21-25-26-23(29-21)19-12-5-6-13-20(19)27(22(23)28)15-16-10-7-11-18(24)14-16/h3-14,26H,1,15H2,2H3/b9-4-,17-8+. The lowest BCUT2D eigenvalue weighted by Gasteiger charge is -2.23. The van der Waals surface area contributed by atoms with E-state index >= 15 is 0 Å². The molecule has 6 heteroatoms. The van der Waals surface area contributed by atoms with Gasteiger partial charge >= 0.3 is 0 Å². The van der Waals surface area contributed by atoms with Gasteiger partial charge in [0.05, 0.1) is 12.2 Å². The maximum Gasteiger partial charge on any atom is 0.270 e. The van der Waals surface area contributed by atoms with Crippen LogP contribution in [0.15, 0.2) is 90.1 Å². The highest BCUT2D eigenvalue weighted by Crippen LogP contribution is 2.51. The summed E-state index contributed by atoms with van der Waals surface area (Å²) in [5.41, 5.74) is 6.82. The van der Waals surface area contributed by atoms with Crippen LogP contribution in [0, 0.1) is 0 Å². The molecule has 0 aromatic heterocycles. The van der Waals surface area contributed by atoms with Gasteiger partial charge in [-0.1, -0.05) is 84.6 Å². The van der Waals surface area contributed by atoms with Gasteiger partial charge in [0.15, 0.2) is 0 Å². The number of allylic oxidation sites excluding steroid dienone is 4. The molecule has 0 saturated heterocycles. The fourth-order valence-corrected chi connectivity index (χ4v) is 4.97. The molecule has 1 spiro atoms. The van der Waals surface area contributed by atoms with E-state index in [9.17, 15) is 4.79 Å². The number of nitrogens with one attached hydrogen (secondary N) is 1. The number of thioether (sulfide) groups is 1. The van der Waals surface area contributed by atoms with Crippen LogP contribution in [0.1, 0.15) is 18.1 Å². The van der Waals surface area contributed by atoms with Crippen molar-refractivity contribution in [1.82, 2.24) is 5.43 Å². The van der Waals surface area contributed by atoms with Crippen LogP contribution in [0.25, 0.3) is 0 Å². The lowest BCUT2D eigenvalue weighted by Crippen LogP contribution is -2.44. The topological polar surface area (TPSA) is 44.7 Å². The number of rotatable bonds is 5. The van der Waals surface area contributed by atoms with Crippen molar-refractivity contribution in [2.75, 3.05) is 4.90 Å². The lowest BCUT2D eigenvalue weighted by atomic mass is 10.1. The van der Waals surface area contributed by atoms with E-state index in [2.05, 4.69) is 17.1 Å². The van der Waals surface area contributed by atoms with E-state index < -0.39 is 4.87 Å². The molecule has 0 saturated carbocycles. The number of hydrazone groups is 1. The molecule has 1 N–H and O–H groups in total. The fraction of sp³-hybridized carbons (Fsp3) is 0.130. The maximum absolute atomic E-state index is 13.6. The van der Waals surface area contributed by atoms with Gasteiger partial charge < -0.3 is 4.90 Å². The van der Waals surface area contributed by atoms with E-state index in [1.165, 1.54) is 11.8 Å². The van der Waals surface area contributed by atoms with Crippen molar-refractivity contribution < 1.29 is 4.79 Å². The first-order valence-electron chi connectivity index (χ1n) is 9.24. The quantitative estimate of drug-likeness (QED) is 0.659. The molecule has 4 nitrogen and oxygen atoms in total. The number of halogens is 1. The Bertz CT molecular complexity index is 1080. The molecule has 1 amide bonds. The number of benzene rings is 2. The van der Waals surface area contributed by atoms with Gasteiger partial charge in [0.25, 0.3) is 5.91 Å². The number of amides is 1. The van der Waals surface area contributed by atoms with Crippen LogP contribution in [0.4, 0.5) is 5.69 Å². The summed E-state index contributed by atoms with van der Waals surface area (Å²) in [4.78, 5) is 14.5. The number of nitrogens with zero attached hydrogens (tertiary/aromatic N) is 2. The van der Waals surface area contributed by atoms with Crippen molar-refractivity contribution in [3.05, 3.63) is 101 Å². The number of anilines is 1. The van der Waals surface area contributed by atoms with Crippen molar-refractivity contribution in [2.45, 2.75) is 18.3 Å². The van der Waals surface area contributed by atoms with Gasteiger partial charge in [-0.05, 0) is 30.7 Å². The average molecular weight is 422 g/mol. The zero-order chi connectivity index (χ0) is 20.4. The van der Waals surface area contributed by atoms with Crippen LogP contribution in [0.2, 0.25) is 5.02 Å². The summed E-state index contributed by atoms with van der Waals surface area (Å²) in [5, 5.41) is 5.92. The Labute approximate surface area is 179 Å². The molecule has 2 aliphatic heterocycles. The van der Waals surface area contributed by atoms with Gasteiger partial charge in [0.1, 0.15) is 5.04 Å². The molecular weight excluding hydrogens is 402 g/mol. The Morgan fingerprint density at radius 1 is 1.31 bits per heavy atom. The minimum Gasteiger partial charge on any atom is -0.304 e. The van der Waals surface area contributed by atoms with Gasteiger partial charge in [-0.25, -0.2) is 0 Å². The van der Waals surface area contributed by atoms with Crippen molar-refractivity contribution >= 4 is 40.0 Å². The second-order valence-corrected chi connectivity index (χ2v) is 8.35. The second kappa shape index (κ2) is 7.93. The SMILES string of the molecule is C=C/C=C(\C=C/C)C1=NNC2(S1)C(=O)N(Cc1cccc(Cl)c1)c1ccccc12. The van der Waals surface area contributed by atoms with Crippen molar-refractivity contribution in [3.8, 4) is 0 Å². The predicted molar refractivity (Wildman–Crippen MR) is 122 cm³/mol. The summed E-state index contributed by atoms with van der Waals surface area (Å²) in [6.45, 7) is 6.17. The molecule has 0 fully saturated rings. The van der Waals surface area contributed by atoms with Crippen LogP contribution in [-0.2, 0) is 16.2 Å². The van der Waals surface area contributed by atoms with Crippen molar-refractivity contribution in [2.24, 2.45) is 5.10 Å². The van der Waals surface area contributed by atoms with Crippen molar-refractivity contribution in [3.63, 3.8) is 0 Å². The molecule has 2 aromatic rings. The first kappa shape index (κ1) is 19.6. The lowest BCUT2D eigenvalue weighted by molar-refractivity contribution is -0.121. The molecule has 2 aromatic carbocycles. The molecule has 2 aliphatic rings. The van der Waals surface area contributed by atoms with Crippen LogP contribution in [-0.4, -0.2) is 11.0 Å². The van der Waals surface area contributed by atoms with E-state index in [0.29, 0.717) is 11.6 Å². The molecule has 29 heavy (non-hydrogen) atoms. The smallest absolute Gasteiger partial charge is 0.270 e. The van der Waals surface area contributed by atoms with E-state index in [-0.39, 0.29) is 5.91 Å². The van der Waals surface area contributed by atoms with Gasteiger partial charge in [0, 0.05) is 16.2 Å². The largest absolute Gasteiger partial charge is 0.304 e. The number of para-hydroxylation sites is 1. The molecule has 0 aliphatic carbocycles. The normalized spacial score (nSPS) is 20.9. The second-order valence-electron chi connectivity index (χ2n) is 6.71. The van der Waals surface area contributed by atoms with E-state index in [4.69, 9.17) is 11.6 Å². The minimum atomic E-state index is -0.966. The van der Waals surface area contributed by atoms with Gasteiger partial charge in [-0.2, -0.15) is 5.10 Å². The van der Waals surface area contributed by atoms with Gasteiger partial charge in [0.2, 0.25) is 4.87 Å². The van der Waals surface area contributed by atoms with Crippen LogP contribution in [0.3, 0.4) is 0 Å². The van der Waals surface area contributed by atoms with Crippen LogP contribution >= 0.6 is 23.4 Å². The average Bonchev–Trinajstić information content (AvgIpc) is 3.26. The Balaban J connectivity index is 1.70. The minimum absolute atomic E-state index is 0.0409. The number of carbonyl (C=O) groups is 1. The summed E-state index contributed by atoms with van der Waals surface area (Å²) in [6.07, 6.45) is 7.52. The zero-order valence-corrected chi connectivity index (χ0v) is 17.5. The van der Waals surface area contributed by atoms with E-state index in [1.54, 1.807) is 11.0 Å². The Kier molecular flexibility index (Phi) is 5.35.